The van der Waals surface area contributed by atoms with E-state index in [4.69, 9.17) is 0 Å². The van der Waals surface area contributed by atoms with Crippen LogP contribution in [0, 0.1) is 5.82 Å². The largest absolute Gasteiger partial charge is 0.335 e. The van der Waals surface area contributed by atoms with Crippen molar-refractivity contribution < 1.29 is 18.8 Å². The molecule has 2 aromatic rings. The fourth-order valence-electron chi connectivity index (χ4n) is 2.82. The van der Waals surface area contributed by atoms with Gasteiger partial charge in [0.05, 0.1) is 13.2 Å². The quantitative estimate of drug-likeness (QED) is 0.589. The Bertz CT molecular complexity index is 841. The third-order valence-electron chi connectivity index (χ3n) is 4.04. The summed E-state index contributed by atoms with van der Waals surface area (Å²) in [6.45, 7) is 0.335. The fraction of sp³-hybridized carbons (Fsp3) is 0.211. The highest BCUT2D eigenvalue weighted by atomic mass is 19.1. The molecule has 2 aromatic carbocycles. The summed E-state index contributed by atoms with van der Waals surface area (Å²) >= 11 is 0. The predicted octanol–water partition coefficient (Wildman–Crippen LogP) is 2.21. The van der Waals surface area contributed by atoms with Crippen LogP contribution in [0.2, 0.25) is 0 Å². The van der Waals surface area contributed by atoms with Gasteiger partial charge in [-0.3, -0.25) is 19.4 Å². The number of urea groups is 1. The molecule has 1 aliphatic heterocycles. The maximum absolute atomic E-state index is 13.3. The number of carbonyl (C=O) groups is 3. The Labute approximate surface area is 150 Å². The molecular weight excluding hydrogens is 337 g/mol. The van der Waals surface area contributed by atoms with Gasteiger partial charge in [-0.2, -0.15) is 0 Å². The molecule has 3 rings (SSSR count). The number of carbonyl (C=O) groups excluding carboxylic acids is 3. The zero-order valence-electron chi connectivity index (χ0n) is 14.3. The SMILES string of the molecule is CN(Cc1cccc(F)c1)CN1C(=O)C(=O)N(Cc2ccccc2)C1=O. The molecular formula is C19H18FN3O3. The molecule has 0 spiro atoms. The lowest BCUT2D eigenvalue weighted by Crippen LogP contribution is -2.40. The Morgan fingerprint density at radius 1 is 0.885 bits per heavy atom. The van der Waals surface area contributed by atoms with Crippen LogP contribution in [0.25, 0.3) is 0 Å². The lowest BCUT2D eigenvalue weighted by Gasteiger charge is -2.22. The fourth-order valence-corrected chi connectivity index (χ4v) is 2.82. The molecule has 134 valence electrons. The number of hydrogen-bond acceptors (Lipinski definition) is 4. The summed E-state index contributed by atoms with van der Waals surface area (Å²) in [6.07, 6.45) is 0. The molecule has 6 nitrogen and oxygen atoms in total. The zero-order valence-corrected chi connectivity index (χ0v) is 14.3. The van der Waals surface area contributed by atoms with E-state index in [-0.39, 0.29) is 19.0 Å². The normalized spacial score (nSPS) is 14.7. The first kappa shape index (κ1) is 17.8. The van der Waals surface area contributed by atoms with Crippen LogP contribution in [-0.2, 0) is 22.7 Å². The van der Waals surface area contributed by atoms with Gasteiger partial charge in [0, 0.05) is 6.54 Å². The van der Waals surface area contributed by atoms with Gasteiger partial charge in [0.1, 0.15) is 5.82 Å². The van der Waals surface area contributed by atoms with Crippen LogP contribution in [0.4, 0.5) is 9.18 Å². The molecule has 0 atom stereocenters. The van der Waals surface area contributed by atoms with E-state index in [0.29, 0.717) is 12.1 Å². The van der Waals surface area contributed by atoms with Crippen molar-refractivity contribution in [3.63, 3.8) is 0 Å². The molecule has 0 unspecified atom stereocenters. The van der Waals surface area contributed by atoms with Crippen molar-refractivity contribution in [2.24, 2.45) is 0 Å². The predicted molar refractivity (Wildman–Crippen MR) is 92.0 cm³/mol. The van der Waals surface area contributed by atoms with Crippen molar-refractivity contribution in [3.8, 4) is 0 Å². The third-order valence-corrected chi connectivity index (χ3v) is 4.04. The Morgan fingerprint density at radius 3 is 2.23 bits per heavy atom. The highest BCUT2D eigenvalue weighted by molar-refractivity contribution is 6.44. The molecule has 7 heteroatoms. The van der Waals surface area contributed by atoms with E-state index in [9.17, 15) is 18.8 Å². The number of benzene rings is 2. The van der Waals surface area contributed by atoms with Crippen LogP contribution in [0.5, 0.6) is 0 Å². The minimum absolute atomic E-state index is 0.0500. The second kappa shape index (κ2) is 7.45. The lowest BCUT2D eigenvalue weighted by molar-refractivity contribution is -0.144. The minimum Gasteiger partial charge on any atom is -0.284 e. The van der Waals surface area contributed by atoms with Gasteiger partial charge in [-0.15, -0.1) is 0 Å². The van der Waals surface area contributed by atoms with Gasteiger partial charge in [0.25, 0.3) is 0 Å². The smallest absolute Gasteiger partial charge is 0.284 e. The molecule has 1 fully saturated rings. The van der Waals surface area contributed by atoms with Crippen molar-refractivity contribution in [2.45, 2.75) is 13.1 Å². The van der Waals surface area contributed by atoms with E-state index >= 15 is 0 Å². The highest BCUT2D eigenvalue weighted by Gasteiger charge is 2.44. The van der Waals surface area contributed by atoms with Crippen molar-refractivity contribution in [2.75, 3.05) is 13.7 Å². The topological polar surface area (TPSA) is 60.9 Å². The summed E-state index contributed by atoms with van der Waals surface area (Å²) in [5.74, 6) is -2.04. The van der Waals surface area contributed by atoms with Crippen molar-refractivity contribution in [3.05, 3.63) is 71.5 Å². The average Bonchev–Trinajstić information content (AvgIpc) is 2.81. The molecule has 1 heterocycles. The summed E-state index contributed by atoms with van der Waals surface area (Å²) < 4.78 is 13.3. The van der Waals surface area contributed by atoms with Gasteiger partial charge in [-0.25, -0.2) is 14.1 Å². The lowest BCUT2D eigenvalue weighted by atomic mass is 10.2. The number of imide groups is 2. The summed E-state index contributed by atoms with van der Waals surface area (Å²) in [7, 11) is 1.69. The molecule has 0 radical (unpaired) electrons. The summed E-state index contributed by atoms with van der Waals surface area (Å²) in [5, 5.41) is 0. The first-order chi connectivity index (χ1) is 12.5. The molecule has 26 heavy (non-hydrogen) atoms. The molecule has 0 aromatic heterocycles. The molecule has 0 aliphatic carbocycles. The third kappa shape index (κ3) is 3.78. The maximum atomic E-state index is 13.3. The van der Waals surface area contributed by atoms with Gasteiger partial charge in [-0.1, -0.05) is 42.5 Å². The van der Waals surface area contributed by atoms with Gasteiger partial charge in [0.15, 0.2) is 0 Å². The van der Waals surface area contributed by atoms with E-state index in [0.717, 1.165) is 15.4 Å². The van der Waals surface area contributed by atoms with E-state index in [1.165, 1.54) is 12.1 Å². The van der Waals surface area contributed by atoms with Crippen LogP contribution in [0.15, 0.2) is 54.6 Å². The highest BCUT2D eigenvalue weighted by Crippen LogP contribution is 2.17. The molecule has 0 bridgehead atoms. The van der Waals surface area contributed by atoms with Crippen LogP contribution >= 0.6 is 0 Å². The Hall–Kier alpha value is -3.06. The van der Waals surface area contributed by atoms with Gasteiger partial charge < -0.3 is 0 Å². The first-order valence-corrected chi connectivity index (χ1v) is 8.10. The molecule has 4 amide bonds. The number of amides is 4. The van der Waals surface area contributed by atoms with Crippen LogP contribution in [0.3, 0.4) is 0 Å². The van der Waals surface area contributed by atoms with Crippen LogP contribution in [-0.4, -0.2) is 46.3 Å². The Morgan fingerprint density at radius 2 is 1.54 bits per heavy atom. The van der Waals surface area contributed by atoms with Crippen molar-refractivity contribution >= 4 is 17.8 Å². The van der Waals surface area contributed by atoms with Gasteiger partial charge >= 0.3 is 17.8 Å². The Balaban J connectivity index is 1.67. The van der Waals surface area contributed by atoms with E-state index < -0.39 is 17.8 Å². The summed E-state index contributed by atoms with van der Waals surface area (Å²) in [4.78, 5) is 40.4. The number of hydrogen-bond donors (Lipinski definition) is 0. The van der Waals surface area contributed by atoms with E-state index in [1.807, 2.05) is 6.07 Å². The molecule has 1 saturated heterocycles. The molecule has 0 N–H and O–H groups in total. The minimum atomic E-state index is -0.850. The van der Waals surface area contributed by atoms with Crippen molar-refractivity contribution in [1.29, 1.82) is 0 Å². The van der Waals surface area contributed by atoms with Gasteiger partial charge in [0.2, 0.25) is 0 Å². The van der Waals surface area contributed by atoms with Gasteiger partial charge in [-0.05, 0) is 30.3 Å². The summed E-state index contributed by atoms with van der Waals surface area (Å²) in [6, 6.07) is 14.4. The zero-order chi connectivity index (χ0) is 18.7. The second-order valence-electron chi connectivity index (χ2n) is 6.18. The number of nitrogens with zero attached hydrogens (tertiary/aromatic N) is 3. The maximum Gasteiger partial charge on any atom is 0.335 e. The standard InChI is InChI=1S/C19H18FN3O3/c1-21(11-15-8-5-9-16(20)10-15)13-23-18(25)17(24)22(19(23)26)12-14-6-3-2-4-7-14/h2-10H,11-13H2,1H3. The van der Waals surface area contributed by atoms with Crippen molar-refractivity contribution in [1.82, 2.24) is 14.7 Å². The average molecular weight is 355 g/mol. The van der Waals surface area contributed by atoms with E-state index in [1.54, 1.807) is 48.3 Å². The van der Waals surface area contributed by atoms with Crippen LogP contribution in [0.1, 0.15) is 11.1 Å². The molecule has 0 saturated carbocycles. The molecule has 1 aliphatic rings. The second-order valence-corrected chi connectivity index (χ2v) is 6.18. The van der Waals surface area contributed by atoms with Crippen LogP contribution < -0.4 is 0 Å². The Kier molecular flexibility index (Phi) is 5.09. The first-order valence-electron chi connectivity index (χ1n) is 8.10. The van der Waals surface area contributed by atoms with E-state index in [2.05, 4.69) is 0 Å². The summed E-state index contributed by atoms with van der Waals surface area (Å²) in [5.41, 5.74) is 1.47. The number of halogens is 1. The monoisotopic (exact) mass is 355 g/mol. The number of rotatable bonds is 6.